The molecular weight excluding hydrogens is 480 g/mol. The van der Waals surface area contributed by atoms with E-state index in [1.165, 1.54) is 33.2 Å². The van der Waals surface area contributed by atoms with E-state index < -0.39 is 11.9 Å². The van der Waals surface area contributed by atoms with E-state index in [4.69, 9.17) is 4.42 Å². The maximum Gasteiger partial charge on any atom is 0.251 e. The maximum absolute atomic E-state index is 13.8. The molecule has 1 saturated carbocycles. The highest BCUT2D eigenvalue weighted by Crippen LogP contribution is 2.33. The van der Waals surface area contributed by atoms with Gasteiger partial charge in [0, 0.05) is 22.7 Å². The van der Waals surface area contributed by atoms with Crippen molar-refractivity contribution in [3.05, 3.63) is 64.5 Å². The van der Waals surface area contributed by atoms with Crippen molar-refractivity contribution in [2.45, 2.75) is 51.2 Å². The third-order valence-electron chi connectivity index (χ3n) is 6.09. The Morgan fingerprint density at radius 1 is 1.22 bits per heavy atom. The van der Waals surface area contributed by atoms with Gasteiger partial charge in [-0.1, -0.05) is 25.0 Å². The number of benzene rings is 1. The second-order valence-electron chi connectivity index (χ2n) is 8.75. The summed E-state index contributed by atoms with van der Waals surface area (Å²) in [5, 5.41) is 27.4. The van der Waals surface area contributed by atoms with Gasteiger partial charge in [0.1, 0.15) is 24.1 Å². The predicted octanol–water partition coefficient (Wildman–Crippen LogP) is 3.84. The molecule has 0 bridgehead atoms. The summed E-state index contributed by atoms with van der Waals surface area (Å²) in [6, 6.07) is 12.7. The molecule has 3 aromatic heterocycles. The van der Waals surface area contributed by atoms with Gasteiger partial charge in [0.15, 0.2) is 5.76 Å². The fourth-order valence-corrected chi connectivity index (χ4v) is 5.22. The average Bonchev–Trinajstić information content (AvgIpc) is 3.65. The first-order valence-electron chi connectivity index (χ1n) is 11.8. The van der Waals surface area contributed by atoms with Crippen molar-refractivity contribution in [1.82, 2.24) is 25.5 Å². The zero-order chi connectivity index (χ0) is 25.1. The lowest BCUT2D eigenvalue weighted by molar-refractivity contribution is -0.127. The molecule has 11 heteroatoms. The number of nitrogens with one attached hydrogen (secondary N) is 1. The number of thiophene rings is 1. The molecule has 0 radical (unpaired) electrons. The first-order chi connectivity index (χ1) is 17.5. The summed E-state index contributed by atoms with van der Waals surface area (Å²) >= 11 is 1.39. The minimum Gasteiger partial charge on any atom is -0.508 e. The topological polar surface area (TPSA) is 126 Å². The largest absolute Gasteiger partial charge is 0.508 e. The van der Waals surface area contributed by atoms with Crippen LogP contribution in [0.4, 0.5) is 5.69 Å². The molecule has 4 aromatic rings. The Balaban J connectivity index is 1.47. The number of amides is 2. The van der Waals surface area contributed by atoms with E-state index >= 15 is 0 Å². The molecule has 36 heavy (non-hydrogen) atoms. The Labute approximate surface area is 211 Å². The van der Waals surface area contributed by atoms with Crippen molar-refractivity contribution in [1.29, 1.82) is 0 Å². The summed E-state index contributed by atoms with van der Waals surface area (Å²) < 4.78 is 5.55. The van der Waals surface area contributed by atoms with Crippen LogP contribution in [0.3, 0.4) is 0 Å². The van der Waals surface area contributed by atoms with Crippen LogP contribution in [-0.4, -0.2) is 43.2 Å². The number of furan rings is 1. The molecule has 3 heterocycles. The Morgan fingerprint density at radius 2 is 2.06 bits per heavy atom. The molecule has 1 aliphatic carbocycles. The third-order valence-corrected chi connectivity index (χ3v) is 7.01. The fourth-order valence-electron chi connectivity index (χ4n) is 4.41. The monoisotopic (exact) mass is 506 g/mol. The summed E-state index contributed by atoms with van der Waals surface area (Å²) in [4.78, 5) is 30.7. The number of nitrogens with zero attached hydrogens (tertiary/aromatic N) is 5. The smallest absolute Gasteiger partial charge is 0.251 e. The van der Waals surface area contributed by atoms with Gasteiger partial charge in [-0.05, 0) is 60.7 Å². The van der Waals surface area contributed by atoms with Gasteiger partial charge in [0.2, 0.25) is 11.7 Å². The summed E-state index contributed by atoms with van der Waals surface area (Å²) in [6.45, 7) is 1.55. The highest BCUT2D eigenvalue weighted by molar-refractivity contribution is 7.10. The molecule has 0 saturated heterocycles. The number of rotatable bonds is 8. The maximum atomic E-state index is 13.8. The number of carbonyl (C=O) groups excluding carboxylic acids is 2. The molecule has 0 aliphatic heterocycles. The number of anilines is 1. The Bertz CT molecular complexity index is 1340. The summed E-state index contributed by atoms with van der Waals surface area (Å²) in [7, 11) is 0. The molecule has 2 amide bonds. The first-order valence-corrected chi connectivity index (χ1v) is 12.7. The molecule has 5 rings (SSSR count). The number of aromatic hydroxyl groups is 1. The normalized spacial score (nSPS) is 14.6. The quantitative estimate of drug-likeness (QED) is 0.372. The van der Waals surface area contributed by atoms with Crippen molar-refractivity contribution in [2.24, 2.45) is 0 Å². The molecule has 186 valence electrons. The number of hydrogen-bond donors (Lipinski definition) is 2. The van der Waals surface area contributed by atoms with E-state index in [-0.39, 0.29) is 30.1 Å². The van der Waals surface area contributed by atoms with Crippen LogP contribution < -0.4 is 10.2 Å². The predicted molar refractivity (Wildman–Crippen MR) is 133 cm³/mol. The van der Waals surface area contributed by atoms with Gasteiger partial charge in [0.05, 0.1) is 0 Å². The molecule has 0 spiro atoms. The highest BCUT2D eigenvalue weighted by atomic mass is 32.1. The minimum absolute atomic E-state index is 0.0132. The Hall–Kier alpha value is -3.99. The Kier molecular flexibility index (Phi) is 6.81. The van der Waals surface area contributed by atoms with E-state index in [0.29, 0.717) is 22.1 Å². The van der Waals surface area contributed by atoms with Crippen LogP contribution in [0.15, 0.2) is 58.3 Å². The lowest BCUT2D eigenvalue weighted by atomic mass is 10.1. The molecular formula is C25H26N6O4S. The van der Waals surface area contributed by atoms with Gasteiger partial charge >= 0.3 is 0 Å². The van der Waals surface area contributed by atoms with Crippen LogP contribution in [0.1, 0.15) is 42.4 Å². The number of aromatic nitrogens is 4. The van der Waals surface area contributed by atoms with E-state index in [9.17, 15) is 14.7 Å². The molecule has 1 aromatic carbocycles. The van der Waals surface area contributed by atoms with E-state index in [1.807, 2.05) is 24.4 Å². The van der Waals surface area contributed by atoms with Crippen LogP contribution >= 0.6 is 11.3 Å². The van der Waals surface area contributed by atoms with Crippen molar-refractivity contribution >= 4 is 28.8 Å². The van der Waals surface area contributed by atoms with Crippen LogP contribution in [0, 0.1) is 6.92 Å². The van der Waals surface area contributed by atoms with Gasteiger partial charge in [-0.3, -0.25) is 14.5 Å². The van der Waals surface area contributed by atoms with Crippen molar-refractivity contribution in [3.63, 3.8) is 0 Å². The van der Waals surface area contributed by atoms with Gasteiger partial charge in [-0.15, -0.1) is 21.5 Å². The zero-order valence-corrected chi connectivity index (χ0v) is 20.5. The van der Waals surface area contributed by atoms with Crippen LogP contribution in [0.2, 0.25) is 0 Å². The van der Waals surface area contributed by atoms with Gasteiger partial charge in [0.25, 0.3) is 5.91 Å². The van der Waals surface area contributed by atoms with Crippen molar-refractivity contribution in [3.8, 4) is 17.3 Å². The molecule has 1 aliphatic rings. The summed E-state index contributed by atoms with van der Waals surface area (Å²) in [6.07, 6.45) is 3.97. The number of tetrazole rings is 1. The van der Waals surface area contributed by atoms with Crippen LogP contribution in [-0.2, 0) is 16.1 Å². The van der Waals surface area contributed by atoms with Crippen LogP contribution in [0.5, 0.6) is 5.75 Å². The average molecular weight is 507 g/mol. The van der Waals surface area contributed by atoms with Crippen molar-refractivity contribution in [2.75, 3.05) is 4.90 Å². The number of phenolic OH excluding ortho intramolecular Hbond substituents is 1. The SMILES string of the molecule is Cc1ccc(-c2nnn(CC(=O)N(c3cccc(O)c3)[C@H](C(=O)NC3CCCC3)c3cccs3)n2)o1. The molecule has 2 N–H and O–H groups in total. The van der Waals surface area contributed by atoms with E-state index in [1.54, 1.807) is 24.3 Å². The summed E-state index contributed by atoms with van der Waals surface area (Å²) in [5.41, 5.74) is 0.391. The first kappa shape index (κ1) is 23.7. The third kappa shape index (κ3) is 5.15. The number of carbonyl (C=O) groups is 2. The minimum atomic E-state index is -0.921. The molecule has 10 nitrogen and oxygen atoms in total. The van der Waals surface area contributed by atoms with E-state index in [2.05, 4.69) is 20.7 Å². The molecule has 1 atom stereocenters. The standard InChI is InChI=1S/C25H26N6O4S/c1-16-11-12-20(35-16)24-27-29-30(28-24)15-22(33)31(18-8-4-9-19(32)14-18)23(21-10-5-13-36-21)25(34)26-17-6-2-3-7-17/h4-5,8-14,17,23,32H,2-3,6-7,15H2,1H3,(H,26,34)/t23-/m0/s1. The fraction of sp³-hybridized carbons (Fsp3) is 0.320. The van der Waals surface area contributed by atoms with Gasteiger partial charge in [-0.25, -0.2) is 0 Å². The summed E-state index contributed by atoms with van der Waals surface area (Å²) in [5.74, 6) is 0.705. The number of aryl methyl sites for hydroxylation is 1. The highest BCUT2D eigenvalue weighted by Gasteiger charge is 2.35. The van der Waals surface area contributed by atoms with Gasteiger partial charge in [-0.2, -0.15) is 4.80 Å². The molecule has 0 unspecified atom stereocenters. The van der Waals surface area contributed by atoms with Crippen molar-refractivity contribution < 1.29 is 19.1 Å². The van der Waals surface area contributed by atoms with Gasteiger partial charge < -0.3 is 14.8 Å². The second kappa shape index (κ2) is 10.3. The zero-order valence-electron chi connectivity index (χ0n) is 19.7. The number of hydrogen-bond acceptors (Lipinski definition) is 8. The lowest BCUT2D eigenvalue weighted by Crippen LogP contribution is -2.47. The molecule has 1 fully saturated rings. The number of phenols is 1. The second-order valence-corrected chi connectivity index (χ2v) is 9.72. The van der Waals surface area contributed by atoms with E-state index in [0.717, 1.165) is 25.7 Å². The lowest BCUT2D eigenvalue weighted by Gasteiger charge is -2.31. The van der Waals surface area contributed by atoms with Crippen LogP contribution in [0.25, 0.3) is 11.6 Å². The Morgan fingerprint density at radius 3 is 2.75 bits per heavy atom.